The van der Waals surface area contributed by atoms with E-state index in [1.54, 1.807) is 18.9 Å². The average Bonchev–Trinajstić information content (AvgIpc) is 2.36. The van der Waals surface area contributed by atoms with Crippen LogP contribution in [0.4, 0.5) is 5.69 Å². The Morgan fingerprint density at radius 1 is 1.40 bits per heavy atom. The van der Waals surface area contributed by atoms with Gasteiger partial charge in [-0.15, -0.1) is 11.6 Å². The van der Waals surface area contributed by atoms with Gasteiger partial charge in [-0.25, -0.2) is 0 Å². The summed E-state index contributed by atoms with van der Waals surface area (Å²) in [4.78, 5) is 14.3. The molecule has 0 radical (unpaired) electrons. The topological polar surface area (TPSA) is 29.5 Å². The van der Waals surface area contributed by atoms with Gasteiger partial charge in [0.2, 0.25) is 5.91 Å². The van der Waals surface area contributed by atoms with Crippen molar-refractivity contribution >= 4 is 28.8 Å². The number of benzene rings is 1. The van der Waals surface area contributed by atoms with Crippen LogP contribution in [0, 0.1) is 0 Å². The number of para-hydroxylation sites is 1. The number of fused-ring (bicyclic) bond motifs is 1. The second kappa shape index (κ2) is 5.13. The monoisotopic (exact) mass is 293 g/mol. The fraction of sp³-hybridized carbons (Fsp3) is 0.438. The van der Waals surface area contributed by atoms with Gasteiger partial charge in [0, 0.05) is 5.56 Å². The minimum Gasteiger partial charge on any atom is -0.495 e. The maximum atomic E-state index is 12.6. The van der Waals surface area contributed by atoms with Gasteiger partial charge in [-0.1, -0.05) is 18.2 Å². The molecule has 0 bridgehead atoms. The minimum absolute atomic E-state index is 0.119. The molecule has 1 aliphatic heterocycles. The lowest BCUT2D eigenvalue weighted by molar-refractivity contribution is -0.118. The van der Waals surface area contributed by atoms with Gasteiger partial charge in [0.1, 0.15) is 11.1 Å². The number of allylic oxidation sites excluding steroid dienone is 1. The summed E-state index contributed by atoms with van der Waals surface area (Å²) in [7, 11) is 1.61. The highest BCUT2D eigenvalue weighted by Gasteiger charge is 2.38. The highest BCUT2D eigenvalue weighted by molar-refractivity contribution is 6.33. The standard InChI is InChI=1S/C16H20ClNO2/c1-10-9-16(3,4)18(15(19)11(2)17)14-12(10)7-6-8-13(14)20-5/h6-9,11H,1-5H3/t11-/m0/s1. The van der Waals surface area contributed by atoms with E-state index in [2.05, 4.69) is 6.08 Å². The van der Waals surface area contributed by atoms with E-state index in [9.17, 15) is 4.79 Å². The first-order chi connectivity index (χ1) is 9.29. The molecule has 2 rings (SSSR count). The fourth-order valence-electron chi connectivity index (χ4n) is 2.77. The second-order valence-electron chi connectivity index (χ2n) is 5.63. The van der Waals surface area contributed by atoms with Crippen LogP contribution in [0.5, 0.6) is 5.75 Å². The molecule has 0 saturated heterocycles. The summed E-state index contributed by atoms with van der Waals surface area (Å²) in [5.74, 6) is 0.569. The van der Waals surface area contributed by atoms with Crippen molar-refractivity contribution < 1.29 is 9.53 Å². The molecule has 0 aliphatic carbocycles. The van der Waals surface area contributed by atoms with Crippen LogP contribution in [0.1, 0.15) is 33.3 Å². The van der Waals surface area contributed by atoms with Crippen LogP contribution in [0.25, 0.3) is 5.57 Å². The number of amides is 1. The molecule has 0 N–H and O–H groups in total. The van der Waals surface area contributed by atoms with Gasteiger partial charge in [-0.05, 0) is 39.3 Å². The van der Waals surface area contributed by atoms with E-state index in [4.69, 9.17) is 16.3 Å². The molecule has 1 aromatic carbocycles. The Morgan fingerprint density at radius 2 is 2.05 bits per heavy atom. The summed E-state index contributed by atoms with van der Waals surface area (Å²) >= 11 is 6.03. The van der Waals surface area contributed by atoms with Crippen molar-refractivity contribution in [1.82, 2.24) is 0 Å². The number of alkyl halides is 1. The predicted octanol–water partition coefficient (Wildman–Crippen LogP) is 3.85. The summed E-state index contributed by atoms with van der Waals surface area (Å²) in [6.07, 6.45) is 2.09. The van der Waals surface area contributed by atoms with Crippen molar-refractivity contribution in [3.8, 4) is 5.75 Å². The van der Waals surface area contributed by atoms with Gasteiger partial charge in [-0.3, -0.25) is 9.69 Å². The zero-order valence-corrected chi connectivity index (χ0v) is 13.3. The Balaban J connectivity index is 2.72. The van der Waals surface area contributed by atoms with Crippen LogP contribution in [-0.4, -0.2) is 23.9 Å². The number of carbonyl (C=O) groups excluding carboxylic acids is 1. The van der Waals surface area contributed by atoms with Gasteiger partial charge in [0.05, 0.1) is 18.3 Å². The van der Waals surface area contributed by atoms with E-state index in [0.29, 0.717) is 5.75 Å². The molecule has 1 amide bonds. The molecule has 1 heterocycles. The summed E-state index contributed by atoms with van der Waals surface area (Å²) < 4.78 is 5.45. The quantitative estimate of drug-likeness (QED) is 0.775. The first kappa shape index (κ1) is 14.9. The van der Waals surface area contributed by atoms with Crippen molar-refractivity contribution in [1.29, 1.82) is 0 Å². The Labute approximate surface area is 125 Å². The zero-order chi connectivity index (χ0) is 15.1. The number of hydrogen-bond acceptors (Lipinski definition) is 2. The normalized spacial score (nSPS) is 18.1. The smallest absolute Gasteiger partial charge is 0.245 e. The summed E-state index contributed by atoms with van der Waals surface area (Å²) in [6, 6.07) is 5.80. The lowest BCUT2D eigenvalue weighted by Crippen LogP contribution is -2.51. The zero-order valence-electron chi connectivity index (χ0n) is 12.5. The third kappa shape index (κ3) is 2.31. The summed E-state index contributed by atoms with van der Waals surface area (Å²) in [5.41, 5.74) is 2.51. The van der Waals surface area contributed by atoms with Gasteiger partial charge in [0.25, 0.3) is 0 Å². The van der Waals surface area contributed by atoms with E-state index in [1.165, 1.54) is 0 Å². The number of carbonyl (C=O) groups is 1. The van der Waals surface area contributed by atoms with Gasteiger partial charge >= 0.3 is 0 Å². The van der Waals surface area contributed by atoms with E-state index in [1.807, 2.05) is 39.0 Å². The Hall–Kier alpha value is -1.48. The number of ether oxygens (including phenoxy) is 1. The number of rotatable bonds is 2. The molecule has 1 aliphatic rings. The first-order valence-corrected chi connectivity index (χ1v) is 7.08. The summed E-state index contributed by atoms with van der Waals surface area (Å²) in [6.45, 7) is 7.75. The summed E-state index contributed by atoms with van der Waals surface area (Å²) in [5, 5.41) is -0.584. The van der Waals surface area contributed by atoms with E-state index in [0.717, 1.165) is 16.8 Å². The number of hydrogen-bond donors (Lipinski definition) is 0. The first-order valence-electron chi connectivity index (χ1n) is 6.64. The van der Waals surface area contributed by atoms with Crippen LogP contribution in [-0.2, 0) is 4.79 Å². The number of halogens is 1. The molecule has 108 valence electrons. The van der Waals surface area contributed by atoms with E-state index >= 15 is 0 Å². The third-order valence-corrected chi connectivity index (χ3v) is 3.76. The molecule has 20 heavy (non-hydrogen) atoms. The minimum atomic E-state index is -0.584. The highest BCUT2D eigenvalue weighted by Crippen LogP contribution is 2.44. The Kier molecular flexibility index (Phi) is 3.83. The molecular formula is C16H20ClNO2. The highest BCUT2D eigenvalue weighted by atomic mass is 35.5. The molecule has 0 fully saturated rings. The van der Waals surface area contributed by atoms with E-state index < -0.39 is 10.9 Å². The Bertz CT molecular complexity index is 576. The SMILES string of the molecule is COc1cccc2c1N(C(=O)[C@H](C)Cl)C(C)(C)C=C2C. The van der Waals surface area contributed by atoms with Gasteiger partial charge in [-0.2, -0.15) is 0 Å². The largest absolute Gasteiger partial charge is 0.495 e. The fourth-order valence-corrected chi connectivity index (χ4v) is 2.87. The molecule has 1 atom stereocenters. The number of nitrogens with zero attached hydrogens (tertiary/aromatic N) is 1. The maximum absolute atomic E-state index is 12.6. The molecule has 1 aromatic rings. The number of methoxy groups -OCH3 is 1. The van der Waals surface area contributed by atoms with Crippen LogP contribution in [0.2, 0.25) is 0 Å². The molecular weight excluding hydrogens is 274 g/mol. The third-order valence-electron chi connectivity index (χ3n) is 3.57. The molecule has 0 spiro atoms. The maximum Gasteiger partial charge on any atom is 0.245 e. The molecule has 4 heteroatoms. The molecule has 0 unspecified atom stereocenters. The van der Waals surface area contributed by atoms with Crippen molar-refractivity contribution in [3.05, 3.63) is 29.8 Å². The van der Waals surface area contributed by atoms with Crippen molar-refractivity contribution in [2.75, 3.05) is 12.0 Å². The average molecular weight is 294 g/mol. The van der Waals surface area contributed by atoms with Gasteiger partial charge in [0.15, 0.2) is 0 Å². The van der Waals surface area contributed by atoms with Crippen LogP contribution in [0.3, 0.4) is 0 Å². The van der Waals surface area contributed by atoms with Crippen LogP contribution >= 0.6 is 11.6 Å². The predicted molar refractivity (Wildman–Crippen MR) is 83.5 cm³/mol. The van der Waals surface area contributed by atoms with Crippen LogP contribution in [0.15, 0.2) is 24.3 Å². The molecule has 0 aromatic heterocycles. The molecule has 0 saturated carbocycles. The van der Waals surface area contributed by atoms with E-state index in [-0.39, 0.29) is 5.91 Å². The van der Waals surface area contributed by atoms with Crippen molar-refractivity contribution in [2.45, 2.75) is 38.6 Å². The van der Waals surface area contributed by atoms with Crippen molar-refractivity contribution in [2.24, 2.45) is 0 Å². The number of anilines is 1. The Morgan fingerprint density at radius 3 is 2.60 bits per heavy atom. The lowest BCUT2D eigenvalue weighted by Gasteiger charge is -2.42. The van der Waals surface area contributed by atoms with Crippen LogP contribution < -0.4 is 9.64 Å². The lowest BCUT2D eigenvalue weighted by atomic mass is 9.88. The second-order valence-corrected chi connectivity index (χ2v) is 6.28. The van der Waals surface area contributed by atoms with Crippen molar-refractivity contribution in [3.63, 3.8) is 0 Å². The van der Waals surface area contributed by atoms with Gasteiger partial charge < -0.3 is 4.74 Å². The molecule has 3 nitrogen and oxygen atoms in total.